The fraction of sp³-hybridized carbons (Fsp3) is 0.625. The minimum Gasteiger partial charge on any atom is -0.477 e. The molecule has 0 aliphatic rings. The monoisotopic (exact) mass is 307 g/mol. The van der Waals surface area contributed by atoms with E-state index in [1.165, 1.54) is 32.1 Å². The quantitative estimate of drug-likeness (QED) is 0.637. The third-order valence-electron chi connectivity index (χ3n) is 3.36. The van der Waals surface area contributed by atoms with E-state index < -0.39 is 0 Å². The molecule has 0 radical (unpaired) electrons. The van der Waals surface area contributed by atoms with Gasteiger partial charge in [-0.15, -0.1) is 11.3 Å². The molecule has 21 heavy (non-hydrogen) atoms. The molecule has 2 heterocycles. The smallest absolute Gasteiger partial charge is 0.227 e. The minimum atomic E-state index is 0.658. The SMILES string of the molecule is CCCCCCCCOc1nc(NCC)nc2sccc12. The van der Waals surface area contributed by atoms with Gasteiger partial charge in [-0.25, -0.2) is 4.98 Å². The standard InChI is InChI=1S/C16H25N3OS/c1-3-5-6-7-8-9-11-20-14-13-10-12-21-15(13)19-16(18-14)17-4-2/h10,12H,3-9,11H2,1-2H3,(H,17,18,19). The molecule has 0 unspecified atom stereocenters. The van der Waals surface area contributed by atoms with Gasteiger partial charge in [0, 0.05) is 6.54 Å². The van der Waals surface area contributed by atoms with Gasteiger partial charge in [-0.2, -0.15) is 4.98 Å². The summed E-state index contributed by atoms with van der Waals surface area (Å²) in [4.78, 5) is 9.94. The maximum atomic E-state index is 5.89. The van der Waals surface area contributed by atoms with Crippen molar-refractivity contribution >= 4 is 27.5 Å². The Hall–Kier alpha value is -1.36. The van der Waals surface area contributed by atoms with Gasteiger partial charge in [-0.3, -0.25) is 0 Å². The lowest BCUT2D eigenvalue weighted by Crippen LogP contribution is -2.05. The molecule has 116 valence electrons. The molecule has 4 nitrogen and oxygen atoms in total. The van der Waals surface area contributed by atoms with Crippen molar-refractivity contribution in [2.75, 3.05) is 18.5 Å². The molecule has 5 heteroatoms. The molecule has 0 bridgehead atoms. The van der Waals surface area contributed by atoms with E-state index in [9.17, 15) is 0 Å². The summed E-state index contributed by atoms with van der Waals surface area (Å²) in [7, 11) is 0. The first-order chi connectivity index (χ1) is 10.3. The number of aromatic nitrogens is 2. The molecule has 2 aromatic rings. The highest BCUT2D eigenvalue weighted by molar-refractivity contribution is 7.16. The fourth-order valence-electron chi connectivity index (χ4n) is 2.23. The largest absolute Gasteiger partial charge is 0.477 e. The topological polar surface area (TPSA) is 47.0 Å². The number of ether oxygens (including phenoxy) is 1. The highest BCUT2D eigenvalue weighted by atomic mass is 32.1. The van der Waals surface area contributed by atoms with Gasteiger partial charge in [0.05, 0.1) is 12.0 Å². The normalized spacial score (nSPS) is 11.0. The maximum Gasteiger partial charge on any atom is 0.227 e. The van der Waals surface area contributed by atoms with Crippen LogP contribution in [0.2, 0.25) is 0 Å². The van der Waals surface area contributed by atoms with Crippen molar-refractivity contribution in [2.45, 2.75) is 52.4 Å². The molecule has 0 amide bonds. The molecule has 2 aromatic heterocycles. The predicted molar refractivity (Wildman–Crippen MR) is 90.4 cm³/mol. The van der Waals surface area contributed by atoms with Crippen molar-refractivity contribution in [1.82, 2.24) is 9.97 Å². The fourth-order valence-corrected chi connectivity index (χ4v) is 2.98. The number of anilines is 1. The number of rotatable bonds is 10. The van der Waals surface area contributed by atoms with E-state index in [1.807, 2.05) is 18.4 Å². The molecular formula is C16H25N3OS. The lowest BCUT2D eigenvalue weighted by molar-refractivity contribution is 0.297. The van der Waals surface area contributed by atoms with Crippen LogP contribution in [0, 0.1) is 0 Å². The van der Waals surface area contributed by atoms with Gasteiger partial charge in [0.1, 0.15) is 4.83 Å². The Balaban J connectivity index is 1.87. The molecule has 0 spiro atoms. The Kier molecular flexibility index (Phi) is 6.73. The van der Waals surface area contributed by atoms with Crippen LogP contribution in [0.25, 0.3) is 10.2 Å². The molecule has 1 N–H and O–H groups in total. The summed E-state index contributed by atoms with van der Waals surface area (Å²) in [5.74, 6) is 1.37. The third-order valence-corrected chi connectivity index (χ3v) is 4.17. The zero-order chi connectivity index (χ0) is 14.9. The van der Waals surface area contributed by atoms with Gasteiger partial charge in [-0.05, 0) is 24.8 Å². The summed E-state index contributed by atoms with van der Waals surface area (Å²) in [6.45, 7) is 5.83. The number of fused-ring (bicyclic) bond motifs is 1. The Morgan fingerprint density at radius 3 is 2.71 bits per heavy atom. The highest BCUT2D eigenvalue weighted by Gasteiger charge is 2.09. The van der Waals surface area contributed by atoms with Crippen molar-refractivity contribution in [3.8, 4) is 5.88 Å². The summed E-state index contributed by atoms with van der Waals surface area (Å²) >= 11 is 1.62. The van der Waals surface area contributed by atoms with Crippen molar-refractivity contribution in [1.29, 1.82) is 0 Å². The number of unbranched alkanes of at least 4 members (excludes halogenated alkanes) is 5. The van der Waals surface area contributed by atoms with Crippen molar-refractivity contribution in [3.63, 3.8) is 0 Å². The molecule has 0 aliphatic carbocycles. The molecule has 0 atom stereocenters. The van der Waals surface area contributed by atoms with Crippen LogP contribution in [-0.2, 0) is 0 Å². The second-order valence-corrected chi connectivity index (χ2v) is 6.03. The zero-order valence-electron chi connectivity index (χ0n) is 13.0. The zero-order valence-corrected chi connectivity index (χ0v) is 13.8. The van der Waals surface area contributed by atoms with Gasteiger partial charge in [-0.1, -0.05) is 39.0 Å². The second-order valence-electron chi connectivity index (χ2n) is 5.14. The van der Waals surface area contributed by atoms with Crippen LogP contribution < -0.4 is 10.1 Å². The predicted octanol–water partition coefficient (Wildman–Crippen LogP) is 4.86. The molecular weight excluding hydrogens is 282 g/mol. The Labute approximate surface area is 131 Å². The number of hydrogen-bond acceptors (Lipinski definition) is 5. The average molecular weight is 307 g/mol. The molecule has 0 aromatic carbocycles. The van der Waals surface area contributed by atoms with Crippen LogP contribution in [0.4, 0.5) is 5.95 Å². The van der Waals surface area contributed by atoms with E-state index in [-0.39, 0.29) is 0 Å². The Morgan fingerprint density at radius 1 is 1.10 bits per heavy atom. The lowest BCUT2D eigenvalue weighted by atomic mass is 10.1. The van der Waals surface area contributed by atoms with E-state index in [2.05, 4.69) is 22.2 Å². The number of nitrogens with zero attached hydrogens (tertiary/aromatic N) is 2. The van der Waals surface area contributed by atoms with Gasteiger partial charge in [0.2, 0.25) is 11.8 Å². The van der Waals surface area contributed by atoms with Crippen LogP contribution in [0.15, 0.2) is 11.4 Å². The number of nitrogens with one attached hydrogen (secondary N) is 1. The van der Waals surface area contributed by atoms with E-state index in [1.54, 1.807) is 11.3 Å². The molecule has 0 saturated carbocycles. The van der Waals surface area contributed by atoms with Crippen molar-refractivity contribution < 1.29 is 4.74 Å². The van der Waals surface area contributed by atoms with E-state index >= 15 is 0 Å². The van der Waals surface area contributed by atoms with Crippen LogP contribution in [0.3, 0.4) is 0 Å². The van der Waals surface area contributed by atoms with E-state index in [0.717, 1.165) is 29.8 Å². The summed E-state index contributed by atoms with van der Waals surface area (Å²) in [5, 5.41) is 6.21. The first kappa shape index (κ1) is 16.0. The van der Waals surface area contributed by atoms with E-state index in [0.29, 0.717) is 11.8 Å². The van der Waals surface area contributed by atoms with E-state index in [4.69, 9.17) is 4.74 Å². The molecule has 0 saturated heterocycles. The maximum absolute atomic E-state index is 5.89. The van der Waals surface area contributed by atoms with Crippen LogP contribution >= 0.6 is 11.3 Å². The Bertz CT molecular complexity index is 541. The average Bonchev–Trinajstić information content (AvgIpc) is 2.95. The van der Waals surface area contributed by atoms with Gasteiger partial charge in [0.25, 0.3) is 0 Å². The summed E-state index contributed by atoms with van der Waals surface area (Å²) in [6.07, 6.45) is 7.60. The first-order valence-electron chi connectivity index (χ1n) is 7.97. The van der Waals surface area contributed by atoms with Gasteiger partial charge in [0.15, 0.2) is 0 Å². The van der Waals surface area contributed by atoms with Crippen LogP contribution in [0.1, 0.15) is 52.4 Å². The van der Waals surface area contributed by atoms with Gasteiger partial charge >= 0.3 is 0 Å². The van der Waals surface area contributed by atoms with Crippen molar-refractivity contribution in [2.24, 2.45) is 0 Å². The number of hydrogen-bond donors (Lipinski definition) is 1. The Morgan fingerprint density at radius 2 is 1.90 bits per heavy atom. The third kappa shape index (κ3) is 4.84. The summed E-state index contributed by atoms with van der Waals surface area (Å²) < 4.78 is 5.89. The summed E-state index contributed by atoms with van der Waals surface area (Å²) in [6, 6.07) is 2.03. The molecule has 0 fully saturated rings. The molecule has 2 rings (SSSR count). The first-order valence-corrected chi connectivity index (χ1v) is 8.85. The van der Waals surface area contributed by atoms with Crippen LogP contribution in [0.5, 0.6) is 5.88 Å². The highest BCUT2D eigenvalue weighted by Crippen LogP contribution is 2.28. The van der Waals surface area contributed by atoms with Gasteiger partial charge < -0.3 is 10.1 Å². The minimum absolute atomic E-state index is 0.658. The summed E-state index contributed by atoms with van der Waals surface area (Å²) in [5.41, 5.74) is 0. The lowest BCUT2D eigenvalue weighted by Gasteiger charge is -2.08. The molecule has 0 aliphatic heterocycles. The van der Waals surface area contributed by atoms with Crippen molar-refractivity contribution in [3.05, 3.63) is 11.4 Å². The second kappa shape index (κ2) is 8.82. The number of thiophene rings is 1. The van der Waals surface area contributed by atoms with Crippen LogP contribution in [-0.4, -0.2) is 23.1 Å².